The van der Waals surface area contributed by atoms with Gasteiger partial charge in [0.1, 0.15) is 0 Å². The van der Waals surface area contributed by atoms with E-state index in [0.717, 1.165) is 24.8 Å². The standard InChI is InChI=1S/C31H34Cl2N4O4S/c1-18-9-8-13-25(34-18)19(2)35-30(38)28-21-10-4-5-11-22(21)31(39)37(29(28)23-16-15-20(32)17-24(23)33)27-14-7-6-12-26(27)36-42(3,40)41/h4-5,8-11,13,15-17,19,26-29,36H,6-7,12,14H2,1-3H3,(H,35,38)/t19?,26-,27-,28+,29-/m0/s1. The van der Waals surface area contributed by atoms with E-state index in [1.165, 1.54) is 0 Å². The molecule has 2 N–H and O–H groups in total. The number of aromatic nitrogens is 1. The summed E-state index contributed by atoms with van der Waals surface area (Å²) in [6, 6.07) is 15.5. The Bertz CT molecular complexity index is 1620. The third-order valence-corrected chi connectivity index (χ3v) is 9.40. The van der Waals surface area contributed by atoms with Crippen LogP contribution >= 0.6 is 23.2 Å². The number of carbonyl (C=O) groups excluding carboxylic acids is 2. The summed E-state index contributed by atoms with van der Waals surface area (Å²) in [6.07, 6.45) is 3.89. The number of pyridine rings is 1. The molecule has 2 amide bonds. The van der Waals surface area contributed by atoms with E-state index in [2.05, 4.69) is 15.0 Å². The molecule has 42 heavy (non-hydrogen) atoms. The Labute approximate surface area is 256 Å². The summed E-state index contributed by atoms with van der Waals surface area (Å²) in [5, 5.41) is 3.87. The molecule has 0 spiro atoms. The molecule has 11 heteroatoms. The molecular weight excluding hydrogens is 595 g/mol. The zero-order valence-corrected chi connectivity index (χ0v) is 26.0. The SMILES string of the molecule is Cc1cccc(C(C)NC(=O)[C@@H]2c3ccccc3C(=O)N([C@H]3CCCC[C@@H]3NS(C)(=O)=O)[C@H]2c2ccc(Cl)cc2Cl)n1. The summed E-state index contributed by atoms with van der Waals surface area (Å²) >= 11 is 13.1. The number of aryl methyl sites for hydroxylation is 1. The first-order valence-electron chi connectivity index (χ1n) is 14.0. The summed E-state index contributed by atoms with van der Waals surface area (Å²) in [7, 11) is -3.57. The Morgan fingerprint density at radius 2 is 1.76 bits per heavy atom. The van der Waals surface area contributed by atoms with Gasteiger partial charge < -0.3 is 10.2 Å². The van der Waals surface area contributed by atoms with E-state index in [9.17, 15) is 18.0 Å². The van der Waals surface area contributed by atoms with E-state index in [0.29, 0.717) is 45.3 Å². The van der Waals surface area contributed by atoms with Crippen molar-refractivity contribution >= 4 is 45.0 Å². The van der Waals surface area contributed by atoms with Crippen molar-refractivity contribution in [3.63, 3.8) is 0 Å². The maximum Gasteiger partial charge on any atom is 0.255 e. The van der Waals surface area contributed by atoms with Gasteiger partial charge in [-0.15, -0.1) is 0 Å². The lowest BCUT2D eigenvalue weighted by Crippen LogP contribution is -2.59. The van der Waals surface area contributed by atoms with E-state index in [1.54, 1.807) is 41.3 Å². The van der Waals surface area contributed by atoms with Gasteiger partial charge in [0, 0.05) is 33.4 Å². The van der Waals surface area contributed by atoms with Gasteiger partial charge in [-0.3, -0.25) is 14.6 Å². The first-order valence-corrected chi connectivity index (χ1v) is 16.7. The van der Waals surface area contributed by atoms with Crippen molar-refractivity contribution in [3.8, 4) is 0 Å². The smallest absolute Gasteiger partial charge is 0.255 e. The molecule has 2 aliphatic rings. The fourth-order valence-electron chi connectivity index (χ4n) is 6.31. The van der Waals surface area contributed by atoms with Crippen LogP contribution in [0.25, 0.3) is 0 Å². The highest BCUT2D eigenvalue weighted by atomic mass is 35.5. The average Bonchev–Trinajstić information content (AvgIpc) is 2.93. The molecular formula is C31H34Cl2N4O4S. The van der Waals surface area contributed by atoms with Crippen LogP contribution in [0.1, 0.15) is 83.5 Å². The van der Waals surface area contributed by atoms with Crippen LogP contribution in [0.15, 0.2) is 60.7 Å². The van der Waals surface area contributed by atoms with Gasteiger partial charge >= 0.3 is 0 Å². The second kappa shape index (κ2) is 12.3. The zero-order valence-electron chi connectivity index (χ0n) is 23.7. The fraction of sp³-hybridized carbons (Fsp3) is 0.387. The zero-order chi connectivity index (χ0) is 30.2. The number of carbonyl (C=O) groups is 2. The van der Waals surface area contributed by atoms with Crippen LogP contribution in [0.5, 0.6) is 0 Å². The lowest BCUT2D eigenvalue weighted by atomic mass is 9.76. The number of nitrogens with zero attached hydrogens (tertiary/aromatic N) is 2. The Hall–Kier alpha value is -2.98. The van der Waals surface area contributed by atoms with Crippen molar-refractivity contribution in [1.82, 2.24) is 19.9 Å². The third kappa shape index (κ3) is 6.34. The molecule has 1 saturated carbocycles. The fourth-order valence-corrected chi connectivity index (χ4v) is 7.66. The summed E-state index contributed by atoms with van der Waals surface area (Å²) < 4.78 is 27.5. The Balaban J connectivity index is 1.66. The van der Waals surface area contributed by atoms with Crippen molar-refractivity contribution < 1.29 is 18.0 Å². The summed E-state index contributed by atoms with van der Waals surface area (Å²) in [4.78, 5) is 35.0. The van der Waals surface area contributed by atoms with Gasteiger partial charge in [0.25, 0.3) is 5.91 Å². The Kier molecular flexibility index (Phi) is 8.94. The van der Waals surface area contributed by atoms with Crippen LogP contribution in [0.2, 0.25) is 10.0 Å². The van der Waals surface area contributed by atoms with Crippen LogP contribution in [0.3, 0.4) is 0 Å². The highest BCUT2D eigenvalue weighted by Crippen LogP contribution is 2.48. The number of benzene rings is 2. The minimum absolute atomic E-state index is 0.272. The minimum Gasteiger partial charge on any atom is -0.347 e. The van der Waals surface area contributed by atoms with Crippen LogP contribution in [0, 0.1) is 6.92 Å². The predicted octanol–water partition coefficient (Wildman–Crippen LogP) is 5.72. The van der Waals surface area contributed by atoms with Gasteiger partial charge in [0.2, 0.25) is 15.9 Å². The number of rotatable bonds is 7. The molecule has 1 fully saturated rings. The van der Waals surface area contributed by atoms with Crippen LogP contribution in [-0.4, -0.2) is 48.5 Å². The van der Waals surface area contributed by atoms with E-state index in [-0.39, 0.29) is 11.8 Å². The Morgan fingerprint density at radius 1 is 1.02 bits per heavy atom. The number of nitrogens with one attached hydrogen (secondary N) is 2. The number of hydrogen-bond donors (Lipinski definition) is 2. The Morgan fingerprint density at radius 3 is 2.48 bits per heavy atom. The first kappa shape index (κ1) is 30.5. The van der Waals surface area contributed by atoms with Crippen molar-refractivity contribution in [2.24, 2.45) is 0 Å². The summed E-state index contributed by atoms with van der Waals surface area (Å²) in [5.74, 6) is -1.41. The van der Waals surface area contributed by atoms with Gasteiger partial charge in [-0.2, -0.15) is 0 Å². The molecule has 3 aromatic rings. The molecule has 2 heterocycles. The normalized spacial score (nSPS) is 23.3. The molecule has 1 unspecified atom stereocenters. The second-order valence-electron chi connectivity index (χ2n) is 11.2. The van der Waals surface area contributed by atoms with Crippen LogP contribution in [0.4, 0.5) is 0 Å². The topological polar surface area (TPSA) is 108 Å². The molecule has 0 bridgehead atoms. The molecule has 8 nitrogen and oxygen atoms in total. The number of amides is 2. The number of hydrogen-bond acceptors (Lipinski definition) is 5. The number of halogens is 2. The van der Waals surface area contributed by atoms with Crippen molar-refractivity contribution in [2.45, 2.75) is 69.6 Å². The number of fused-ring (bicyclic) bond motifs is 1. The van der Waals surface area contributed by atoms with Crippen molar-refractivity contribution in [2.75, 3.05) is 6.26 Å². The van der Waals surface area contributed by atoms with Gasteiger partial charge in [-0.05, 0) is 68.1 Å². The van der Waals surface area contributed by atoms with Crippen LogP contribution in [-0.2, 0) is 14.8 Å². The van der Waals surface area contributed by atoms with Crippen molar-refractivity contribution in [1.29, 1.82) is 0 Å². The van der Waals surface area contributed by atoms with E-state index < -0.39 is 40.1 Å². The predicted molar refractivity (Wildman–Crippen MR) is 164 cm³/mol. The highest BCUT2D eigenvalue weighted by Gasteiger charge is 2.49. The lowest BCUT2D eigenvalue weighted by Gasteiger charge is -2.49. The second-order valence-corrected chi connectivity index (χ2v) is 13.8. The minimum atomic E-state index is -3.57. The average molecular weight is 630 g/mol. The lowest BCUT2D eigenvalue weighted by molar-refractivity contribution is -0.125. The quantitative estimate of drug-likeness (QED) is 0.348. The van der Waals surface area contributed by atoms with Gasteiger partial charge in [0.15, 0.2) is 0 Å². The largest absolute Gasteiger partial charge is 0.347 e. The van der Waals surface area contributed by atoms with Gasteiger partial charge in [-0.1, -0.05) is 66.4 Å². The number of sulfonamides is 1. The maximum atomic E-state index is 14.4. The van der Waals surface area contributed by atoms with Crippen LogP contribution < -0.4 is 10.0 Å². The van der Waals surface area contributed by atoms with Gasteiger partial charge in [-0.25, -0.2) is 13.1 Å². The highest BCUT2D eigenvalue weighted by molar-refractivity contribution is 7.88. The van der Waals surface area contributed by atoms with Crippen molar-refractivity contribution in [3.05, 3.63) is 98.8 Å². The molecule has 1 aliphatic carbocycles. The van der Waals surface area contributed by atoms with Gasteiger partial charge in [0.05, 0.1) is 30.0 Å². The summed E-state index contributed by atoms with van der Waals surface area (Å²) in [6.45, 7) is 3.76. The molecule has 2 aromatic carbocycles. The third-order valence-electron chi connectivity index (χ3n) is 8.10. The van der Waals surface area contributed by atoms with E-state index >= 15 is 0 Å². The van der Waals surface area contributed by atoms with E-state index in [1.807, 2.05) is 38.1 Å². The molecule has 222 valence electrons. The molecule has 1 aromatic heterocycles. The molecule has 0 radical (unpaired) electrons. The molecule has 0 saturated heterocycles. The molecule has 5 rings (SSSR count). The molecule has 5 atom stereocenters. The molecule has 1 aliphatic heterocycles. The van der Waals surface area contributed by atoms with E-state index in [4.69, 9.17) is 23.2 Å². The first-order chi connectivity index (χ1) is 19.9. The maximum absolute atomic E-state index is 14.4. The monoisotopic (exact) mass is 628 g/mol. The summed E-state index contributed by atoms with van der Waals surface area (Å²) in [5.41, 5.74) is 3.10.